The Morgan fingerprint density at radius 1 is 1.19 bits per heavy atom. The number of pyridine rings is 1. The lowest BCUT2D eigenvalue weighted by Gasteiger charge is -2.08. The number of aryl methyl sites for hydroxylation is 1. The predicted octanol–water partition coefficient (Wildman–Crippen LogP) is 1.22. The lowest BCUT2D eigenvalue weighted by atomic mass is 10.2. The van der Waals surface area contributed by atoms with E-state index in [-0.39, 0.29) is 5.91 Å². The lowest BCUT2D eigenvalue weighted by Crippen LogP contribution is -2.29. The van der Waals surface area contributed by atoms with E-state index >= 15 is 0 Å². The summed E-state index contributed by atoms with van der Waals surface area (Å²) in [6.45, 7) is 2.87. The molecule has 134 valence electrons. The molecule has 3 rings (SSSR count). The molecule has 0 fully saturated rings. The standard InChI is InChI=1S/C17H19N7O2/c1-12-5-8-24(23-12)15-9-14(21-11-22-15)18-6-7-19-17(25)13-3-4-16(26-2)20-10-13/h3-5,8-11H,6-7H2,1-2H3,(H,19,25)(H,18,21,22). The number of amides is 1. The topological polar surface area (TPSA) is 107 Å². The highest BCUT2D eigenvalue weighted by atomic mass is 16.5. The Labute approximate surface area is 150 Å². The highest BCUT2D eigenvalue weighted by Crippen LogP contribution is 2.09. The van der Waals surface area contributed by atoms with E-state index in [0.717, 1.165) is 5.69 Å². The van der Waals surface area contributed by atoms with Crippen LogP contribution in [0, 0.1) is 6.92 Å². The predicted molar refractivity (Wildman–Crippen MR) is 95.5 cm³/mol. The van der Waals surface area contributed by atoms with Crippen molar-refractivity contribution in [2.75, 3.05) is 25.5 Å². The zero-order valence-electron chi connectivity index (χ0n) is 14.5. The van der Waals surface area contributed by atoms with Crippen molar-refractivity contribution in [1.82, 2.24) is 30.0 Å². The number of hydrogen-bond donors (Lipinski definition) is 2. The number of carbonyl (C=O) groups is 1. The van der Waals surface area contributed by atoms with Crippen molar-refractivity contribution >= 4 is 11.7 Å². The molecule has 0 saturated heterocycles. The van der Waals surface area contributed by atoms with E-state index in [4.69, 9.17) is 4.74 Å². The SMILES string of the molecule is COc1ccc(C(=O)NCCNc2cc(-n3ccc(C)n3)ncn2)cn1. The molecule has 0 bridgehead atoms. The molecule has 3 aromatic rings. The van der Waals surface area contributed by atoms with Crippen LogP contribution in [0.15, 0.2) is 43.0 Å². The number of anilines is 1. The van der Waals surface area contributed by atoms with Gasteiger partial charge in [-0.15, -0.1) is 0 Å². The van der Waals surface area contributed by atoms with Crippen molar-refractivity contribution in [3.63, 3.8) is 0 Å². The van der Waals surface area contributed by atoms with Gasteiger partial charge in [0.15, 0.2) is 5.82 Å². The molecule has 0 unspecified atom stereocenters. The van der Waals surface area contributed by atoms with Gasteiger partial charge >= 0.3 is 0 Å². The molecule has 9 nitrogen and oxygen atoms in total. The monoisotopic (exact) mass is 353 g/mol. The fourth-order valence-electron chi connectivity index (χ4n) is 2.22. The average Bonchev–Trinajstić information content (AvgIpc) is 3.12. The fraction of sp³-hybridized carbons (Fsp3) is 0.235. The highest BCUT2D eigenvalue weighted by molar-refractivity contribution is 5.93. The van der Waals surface area contributed by atoms with Gasteiger partial charge < -0.3 is 15.4 Å². The minimum absolute atomic E-state index is 0.197. The van der Waals surface area contributed by atoms with Gasteiger partial charge in [0.1, 0.15) is 12.1 Å². The third-order valence-electron chi connectivity index (χ3n) is 3.53. The van der Waals surface area contributed by atoms with Gasteiger partial charge in [-0.25, -0.2) is 19.6 Å². The number of carbonyl (C=O) groups excluding carboxylic acids is 1. The Morgan fingerprint density at radius 3 is 2.77 bits per heavy atom. The van der Waals surface area contributed by atoms with Gasteiger partial charge in [0.2, 0.25) is 5.88 Å². The van der Waals surface area contributed by atoms with Crippen LogP contribution in [-0.2, 0) is 0 Å². The summed E-state index contributed by atoms with van der Waals surface area (Å²) in [5, 5.41) is 10.3. The first-order valence-corrected chi connectivity index (χ1v) is 8.02. The van der Waals surface area contributed by atoms with E-state index in [9.17, 15) is 4.79 Å². The van der Waals surface area contributed by atoms with Gasteiger partial charge in [-0.1, -0.05) is 0 Å². The number of methoxy groups -OCH3 is 1. The van der Waals surface area contributed by atoms with Gasteiger partial charge in [-0.05, 0) is 19.1 Å². The maximum absolute atomic E-state index is 12.0. The molecule has 26 heavy (non-hydrogen) atoms. The maximum atomic E-state index is 12.0. The molecule has 1 amide bonds. The quantitative estimate of drug-likeness (QED) is 0.615. The zero-order valence-corrected chi connectivity index (χ0v) is 14.5. The number of ether oxygens (including phenoxy) is 1. The first-order chi connectivity index (χ1) is 12.7. The number of hydrogen-bond acceptors (Lipinski definition) is 7. The van der Waals surface area contributed by atoms with Gasteiger partial charge in [-0.3, -0.25) is 4.79 Å². The van der Waals surface area contributed by atoms with Crippen LogP contribution in [0.1, 0.15) is 16.1 Å². The highest BCUT2D eigenvalue weighted by Gasteiger charge is 2.06. The number of rotatable bonds is 7. The molecule has 2 N–H and O–H groups in total. The molecule has 9 heteroatoms. The Hall–Kier alpha value is -3.49. The second-order valence-corrected chi connectivity index (χ2v) is 5.44. The summed E-state index contributed by atoms with van der Waals surface area (Å²) in [7, 11) is 1.53. The zero-order chi connectivity index (χ0) is 18.4. The van der Waals surface area contributed by atoms with Crippen molar-refractivity contribution in [3.8, 4) is 11.7 Å². The first-order valence-electron chi connectivity index (χ1n) is 8.02. The second kappa shape index (κ2) is 8.06. The van der Waals surface area contributed by atoms with Gasteiger partial charge in [0.25, 0.3) is 5.91 Å². The van der Waals surface area contributed by atoms with E-state index in [0.29, 0.717) is 36.2 Å². The average molecular weight is 353 g/mol. The van der Waals surface area contributed by atoms with Crippen LogP contribution in [-0.4, -0.2) is 50.8 Å². The molecular formula is C17H19N7O2. The Kier molecular flexibility index (Phi) is 5.37. The van der Waals surface area contributed by atoms with Crippen LogP contribution in [0.2, 0.25) is 0 Å². The van der Waals surface area contributed by atoms with E-state index in [2.05, 4.69) is 30.7 Å². The molecule has 0 aliphatic carbocycles. The largest absolute Gasteiger partial charge is 0.481 e. The molecule has 0 radical (unpaired) electrons. The van der Waals surface area contributed by atoms with E-state index in [1.165, 1.54) is 19.6 Å². The summed E-state index contributed by atoms with van der Waals surface area (Å²) in [6.07, 6.45) is 4.78. The fourth-order valence-corrected chi connectivity index (χ4v) is 2.22. The third kappa shape index (κ3) is 4.32. The molecule has 3 aromatic heterocycles. The van der Waals surface area contributed by atoms with Crippen LogP contribution in [0.5, 0.6) is 5.88 Å². The first kappa shape index (κ1) is 17.3. The van der Waals surface area contributed by atoms with Crippen LogP contribution < -0.4 is 15.4 Å². The van der Waals surface area contributed by atoms with Crippen LogP contribution in [0.4, 0.5) is 5.82 Å². The summed E-state index contributed by atoms with van der Waals surface area (Å²) in [6, 6.07) is 7.00. The lowest BCUT2D eigenvalue weighted by molar-refractivity contribution is 0.0954. The summed E-state index contributed by atoms with van der Waals surface area (Å²) in [5.41, 5.74) is 1.39. The summed E-state index contributed by atoms with van der Waals surface area (Å²) < 4.78 is 6.65. The van der Waals surface area contributed by atoms with E-state index in [1.54, 1.807) is 22.9 Å². The molecule has 0 aromatic carbocycles. The molecule has 3 heterocycles. The van der Waals surface area contributed by atoms with Crippen molar-refractivity contribution in [3.05, 3.63) is 54.2 Å². The van der Waals surface area contributed by atoms with Gasteiger partial charge in [0, 0.05) is 37.6 Å². The normalized spacial score (nSPS) is 10.4. The Balaban J connectivity index is 1.49. The van der Waals surface area contributed by atoms with Gasteiger partial charge in [0.05, 0.1) is 18.4 Å². The molecular weight excluding hydrogens is 334 g/mol. The van der Waals surface area contributed by atoms with Gasteiger partial charge in [-0.2, -0.15) is 5.10 Å². The van der Waals surface area contributed by atoms with Crippen molar-refractivity contribution in [1.29, 1.82) is 0 Å². The molecule has 0 aliphatic rings. The molecule has 0 aliphatic heterocycles. The minimum atomic E-state index is -0.197. The minimum Gasteiger partial charge on any atom is -0.481 e. The van der Waals surface area contributed by atoms with Crippen molar-refractivity contribution in [2.45, 2.75) is 6.92 Å². The van der Waals surface area contributed by atoms with Crippen LogP contribution in [0.3, 0.4) is 0 Å². The summed E-state index contributed by atoms with van der Waals surface area (Å²) in [4.78, 5) is 24.4. The second-order valence-electron chi connectivity index (χ2n) is 5.44. The molecule has 0 atom stereocenters. The molecule has 0 spiro atoms. The maximum Gasteiger partial charge on any atom is 0.252 e. The van der Waals surface area contributed by atoms with Crippen molar-refractivity contribution in [2.24, 2.45) is 0 Å². The van der Waals surface area contributed by atoms with E-state index < -0.39 is 0 Å². The number of nitrogens with zero attached hydrogens (tertiary/aromatic N) is 5. The third-order valence-corrected chi connectivity index (χ3v) is 3.53. The summed E-state index contributed by atoms with van der Waals surface area (Å²) >= 11 is 0. The van der Waals surface area contributed by atoms with Crippen molar-refractivity contribution < 1.29 is 9.53 Å². The Morgan fingerprint density at radius 2 is 2.08 bits per heavy atom. The van der Waals surface area contributed by atoms with E-state index in [1.807, 2.05) is 19.2 Å². The molecule has 0 saturated carbocycles. The smallest absolute Gasteiger partial charge is 0.252 e. The summed E-state index contributed by atoms with van der Waals surface area (Å²) in [5.74, 6) is 1.60. The van der Waals surface area contributed by atoms with Crippen LogP contribution >= 0.6 is 0 Å². The number of aromatic nitrogens is 5. The van der Waals surface area contributed by atoms with Crippen LogP contribution in [0.25, 0.3) is 5.82 Å². The number of nitrogens with one attached hydrogen (secondary N) is 2. The Bertz CT molecular complexity index is 877.